The lowest BCUT2D eigenvalue weighted by molar-refractivity contribution is -0.123. The van der Waals surface area contributed by atoms with Crippen molar-refractivity contribution in [2.24, 2.45) is 0 Å². The summed E-state index contributed by atoms with van der Waals surface area (Å²) in [6.45, 7) is 0.295. The maximum absolute atomic E-state index is 13.6. The molecule has 0 bridgehead atoms. The van der Waals surface area contributed by atoms with Gasteiger partial charge in [0.05, 0.1) is 10.7 Å². The summed E-state index contributed by atoms with van der Waals surface area (Å²) in [5.41, 5.74) is 0.256. The van der Waals surface area contributed by atoms with Crippen LogP contribution in [0.1, 0.15) is 5.56 Å². The Morgan fingerprint density at radius 2 is 2.13 bits per heavy atom. The number of carbonyl (C=O) groups is 3. The van der Waals surface area contributed by atoms with E-state index in [1.807, 2.05) is 6.26 Å². The molecule has 1 aliphatic rings. The van der Waals surface area contributed by atoms with Crippen LogP contribution in [0, 0.1) is 5.82 Å². The van der Waals surface area contributed by atoms with Crippen LogP contribution in [0.25, 0.3) is 6.08 Å². The highest BCUT2D eigenvalue weighted by atomic mass is 32.2. The molecule has 1 N–H and O–H groups in total. The van der Waals surface area contributed by atoms with Crippen LogP contribution in [-0.2, 0) is 9.59 Å². The van der Waals surface area contributed by atoms with E-state index < -0.39 is 17.0 Å². The number of imide groups is 1. The van der Waals surface area contributed by atoms with Crippen LogP contribution in [0.15, 0.2) is 29.2 Å². The molecule has 3 amide bonds. The number of nitrogens with one attached hydrogen (secondary N) is 1. The van der Waals surface area contributed by atoms with Gasteiger partial charge in [0, 0.05) is 18.7 Å². The van der Waals surface area contributed by atoms with Crippen molar-refractivity contribution >= 4 is 46.7 Å². The van der Waals surface area contributed by atoms with E-state index in [2.05, 4.69) is 5.32 Å². The van der Waals surface area contributed by atoms with Crippen molar-refractivity contribution in [1.29, 1.82) is 0 Å². The van der Waals surface area contributed by atoms with Gasteiger partial charge in [0.2, 0.25) is 5.91 Å². The predicted molar refractivity (Wildman–Crippen MR) is 90.5 cm³/mol. The standard InChI is InChI=1S/C15H15FN2O3S2/c1-22-9-13(19)17-6-7-18-14(20)12(23-15(18)21)8-10-4-2-3-5-11(10)16/h2-5,8H,6-7,9H2,1H3,(H,17,19)/b12-8-. The summed E-state index contributed by atoms with van der Waals surface area (Å²) >= 11 is 2.16. The minimum Gasteiger partial charge on any atom is -0.354 e. The number of halogens is 1. The lowest BCUT2D eigenvalue weighted by atomic mass is 10.2. The summed E-state index contributed by atoms with van der Waals surface area (Å²) in [7, 11) is 0. The number of rotatable bonds is 6. The number of hydrogen-bond acceptors (Lipinski definition) is 5. The summed E-state index contributed by atoms with van der Waals surface area (Å²) in [6.07, 6.45) is 3.18. The third-order valence-electron chi connectivity index (χ3n) is 3.00. The van der Waals surface area contributed by atoms with Crippen molar-refractivity contribution in [1.82, 2.24) is 10.2 Å². The van der Waals surface area contributed by atoms with Crippen molar-refractivity contribution in [2.45, 2.75) is 0 Å². The maximum Gasteiger partial charge on any atom is 0.293 e. The van der Waals surface area contributed by atoms with E-state index in [1.54, 1.807) is 12.1 Å². The molecule has 0 aliphatic carbocycles. The summed E-state index contributed by atoms with van der Waals surface area (Å²) in [6, 6.07) is 6.03. The topological polar surface area (TPSA) is 66.5 Å². The van der Waals surface area contributed by atoms with E-state index in [4.69, 9.17) is 0 Å². The molecule has 1 aromatic rings. The number of nitrogens with zero attached hydrogens (tertiary/aromatic N) is 1. The van der Waals surface area contributed by atoms with E-state index in [0.29, 0.717) is 5.75 Å². The molecule has 0 saturated carbocycles. The molecule has 2 rings (SSSR count). The molecular weight excluding hydrogens is 339 g/mol. The molecule has 1 aromatic carbocycles. The Hall–Kier alpha value is -1.80. The first-order valence-electron chi connectivity index (χ1n) is 6.78. The van der Waals surface area contributed by atoms with Gasteiger partial charge in [0.15, 0.2) is 0 Å². The van der Waals surface area contributed by atoms with Gasteiger partial charge in [0.1, 0.15) is 5.82 Å². The predicted octanol–water partition coefficient (Wildman–Crippen LogP) is 2.34. The first kappa shape index (κ1) is 17.6. The molecular formula is C15H15FN2O3S2. The first-order valence-corrected chi connectivity index (χ1v) is 8.99. The van der Waals surface area contributed by atoms with Crippen molar-refractivity contribution in [3.05, 3.63) is 40.6 Å². The fraction of sp³-hybridized carbons (Fsp3) is 0.267. The molecule has 23 heavy (non-hydrogen) atoms. The van der Waals surface area contributed by atoms with E-state index in [9.17, 15) is 18.8 Å². The Morgan fingerprint density at radius 1 is 1.39 bits per heavy atom. The highest BCUT2D eigenvalue weighted by Gasteiger charge is 2.34. The van der Waals surface area contributed by atoms with Crippen molar-refractivity contribution in [3.63, 3.8) is 0 Å². The Kier molecular flexibility index (Phi) is 6.23. The fourth-order valence-corrected chi connectivity index (χ4v) is 3.14. The van der Waals surface area contributed by atoms with E-state index in [0.717, 1.165) is 16.7 Å². The largest absolute Gasteiger partial charge is 0.354 e. The molecule has 0 aromatic heterocycles. The van der Waals surface area contributed by atoms with Gasteiger partial charge in [-0.1, -0.05) is 18.2 Å². The summed E-state index contributed by atoms with van der Waals surface area (Å²) in [5, 5.41) is 2.21. The summed E-state index contributed by atoms with van der Waals surface area (Å²) < 4.78 is 13.6. The molecule has 0 spiro atoms. The van der Waals surface area contributed by atoms with Gasteiger partial charge in [-0.2, -0.15) is 11.8 Å². The number of carbonyl (C=O) groups excluding carboxylic acids is 3. The highest BCUT2D eigenvalue weighted by Crippen LogP contribution is 2.32. The van der Waals surface area contributed by atoms with Crippen LogP contribution < -0.4 is 5.32 Å². The zero-order valence-electron chi connectivity index (χ0n) is 12.4. The van der Waals surface area contributed by atoms with Gasteiger partial charge >= 0.3 is 0 Å². The molecule has 8 heteroatoms. The number of thioether (sulfide) groups is 2. The first-order chi connectivity index (χ1) is 11.0. The second kappa shape index (κ2) is 8.16. The van der Waals surface area contributed by atoms with Gasteiger partial charge in [-0.05, 0) is 30.2 Å². The second-order valence-electron chi connectivity index (χ2n) is 4.64. The minimum atomic E-state index is -0.470. The van der Waals surface area contributed by atoms with Crippen LogP contribution in [0.2, 0.25) is 0 Å². The van der Waals surface area contributed by atoms with Crippen LogP contribution >= 0.6 is 23.5 Å². The zero-order chi connectivity index (χ0) is 16.8. The Morgan fingerprint density at radius 3 is 2.83 bits per heavy atom. The number of benzene rings is 1. The third-order valence-corrected chi connectivity index (χ3v) is 4.46. The molecule has 122 valence electrons. The Balaban J connectivity index is 2.00. The van der Waals surface area contributed by atoms with E-state index >= 15 is 0 Å². The van der Waals surface area contributed by atoms with Crippen molar-refractivity contribution in [3.8, 4) is 0 Å². The highest BCUT2D eigenvalue weighted by molar-refractivity contribution is 8.18. The molecule has 0 unspecified atom stereocenters. The molecule has 1 fully saturated rings. The smallest absolute Gasteiger partial charge is 0.293 e. The lowest BCUT2D eigenvalue weighted by Crippen LogP contribution is -2.37. The SMILES string of the molecule is CSCC(=O)NCCN1C(=O)S/C(=C\c2ccccc2F)C1=O. The van der Waals surface area contributed by atoms with E-state index in [1.165, 1.54) is 30.0 Å². The molecule has 1 saturated heterocycles. The molecule has 0 radical (unpaired) electrons. The normalized spacial score (nSPS) is 16.3. The number of hydrogen-bond donors (Lipinski definition) is 1. The minimum absolute atomic E-state index is 0.0966. The van der Waals surface area contributed by atoms with Crippen LogP contribution in [0.5, 0.6) is 0 Å². The van der Waals surface area contributed by atoms with Crippen LogP contribution in [0.4, 0.5) is 9.18 Å². The second-order valence-corrected chi connectivity index (χ2v) is 6.50. The molecule has 1 aliphatic heterocycles. The molecule has 1 heterocycles. The lowest BCUT2D eigenvalue weighted by Gasteiger charge is -2.12. The zero-order valence-corrected chi connectivity index (χ0v) is 14.0. The maximum atomic E-state index is 13.6. The summed E-state index contributed by atoms with van der Waals surface area (Å²) in [4.78, 5) is 36.7. The van der Waals surface area contributed by atoms with Gasteiger partial charge < -0.3 is 5.32 Å². The molecule has 5 nitrogen and oxygen atoms in total. The van der Waals surface area contributed by atoms with Gasteiger partial charge in [-0.3, -0.25) is 19.3 Å². The van der Waals surface area contributed by atoms with E-state index in [-0.39, 0.29) is 29.5 Å². The fourth-order valence-electron chi connectivity index (χ4n) is 1.92. The summed E-state index contributed by atoms with van der Waals surface area (Å²) in [5.74, 6) is -0.743. The van der Waals surface area contributed by atoms with Crippen molar-refractivity contribution in [2.75, 3.05) is 25.1 Å². The van der Waals surface area contributed by atoms with Crippen LogP contribution in [0.3, 0.4) is 0 Å². The van der Waals surface area contributed by atoms with Gasteiger partial charge in [0.25, 0.3) is 11.1 Å². The third kappa shape index (κ3) is 4.59. The van der Waals surface area contributed by atoms with Crippen LogP contribution in [-0.4, -0.2) is 47.1 Å². The molecule has 0 atom stereocenters. The van der Waals surface area contributed by atoms with Gasteiger partial charge in [-0.15, -0.1) is 0 Å². The average Bonchev–Trinajstić information content (AvgIpc) is 2.77. The Bertz CT molecular complexity index is 664. The number of amides is 3. The Labute approximate surface area is 141 Å². The monoisotopic (exact) mass is 354 g/mol. The van der Waals surface area contributed by atoms with Gasteiger partial charge in [-0.25, -0.2) is 4.39 Å². The average molecular weight is 354 g/mol. The van der Waals surface area contributed by atoms with Crippen molar-refractivity contribution < 1.29 is 18.8 Å². The quantitative estimate of drug-likeness (QED) is 0.795.